The molecule has 0 bridgehead atoms. The van der Waals surface area contributed by atoms with Gasteiger partial charge in [-0.1, -0.05) is 0 Å². The van der Waals surface area contributed by atoms with Crippen molar-refractivity contribution < 1.29 is 38.1 Å². The van der Waals surface area contributed by atoms with E-state index in [1.54, 1.807) is 48.5 Å². The van der Waals surface area contributed by atoms with E-state index in [9.17, 15) is 14.7 Å². The molecule has 0 spiro atoms. The summed E-state index contributed by atoms with van der Waals surface area (Å²) >= 11 is 0. The maximum Gasteiger partial charge on any atom is 0.296 e. The third-order valence-electron chi connectivity index (χ3n) is 5.89. The van der Waals surface area contributed by atoms with Gasteiger partial charge in [0.05, 0.1) is 52.4 Å². The second-order valence-electron chi connectivity index (χ2n) is 7.92. The quantitative estimate of drug-likeness (QED) is 0.267. The molecule has 1 atom stereocenters. The van der Waals surface area contributed by atoms with Crippen LogP contribution in [-0.2, 0) is 16.1 Å². The minimum Gasteiger partial charge on any atom is -0.507 e. The molecule has 1 aromatic heterocycles. The minimum absolute atomic E-state index is 0.0129. The molecule has 4 rings (SSSR count). The maximum atomic E-state index is 13.3. The number of ketones is 1. The van der Waals surface area contributed by atoms with Gasteiger partial charge in [0.2, 0.25) is 5.75 Å². The van der Waals surface area contributed by atoms with Crippen LogP contribution in [0.25, 0.3) is 5.76 Å². The van der Waals surface area contributed by atoms with Gasteiger partial charge in [-0.2, -0.15) is 0 Å². The molecule has 2 aromatic carbocycles. The van der Waals surface area contributed by atoms with Crippen LogP contribution < -0.4 is 18.9 Å². The van der Waals surface area contributed by atoms with Crippen molar-refractivity contribution >= 4 is 17.4 Å². The van der Waals surface area contributed by atoms with Crippen molar-refractivity contribution in [2.45, 2.75) is 19.5 Å². The molecule has 1 unspecified atom stereocenters. The Balaban J connectivity index is 1.90. The SMILES string of the molecule is CCOc1ccc(C(O)=C2C(=O)C(=O)N(Cc3ccco3)C2c2cc(OC)c(OC)c(OC)c2)cc1. The topological polar surface area (TPSA) is 108 Å². The first-order valence-electron chi connectivity index (χ1n) is 11.3. The van der Waals surface area contributed by atoms with Crippen LogP contribution in [0.5, 0.6) is 23.0 Å². The third kappa shape index (κ3) is 4.47. The molecule has 1 aliphatic heterocycles. The largest absolute Gasteiger partial charge is 0.507 e. The summed E-state index contributed by atoms with van der Waals surface area (Å²) in [6, 6.07) is 12.4. The van der Waals surface area contributed by atoms with Gasteiger partial charge in [0, 0.05) is 5.56 Å². The molecule has 188 valence electrons. The summed E-state index contributed by atoms with van der Waals surface area (Å²) in [5.74, 6) is 0.261. The zero-order valence-corrected chi connectivity index (χ0v) is 20.4. The van der Waals surface area contributed by atoms with Gasteiger partial charge in [-0.25, -0.2) is 0 Å². The molecule has 1 aliphatic rings. The lowest BCUT2D eigenvalue weighted by Crippen LogP contribution is -2.29. The van der Waals surface area contributed by atoms with Crippen molar-refractivity contribution in [3.05, 3.63) is 77.3 Å². The molecule has 3 aromatic rings. The number of furan rings is 1. The van der Waals surface area contributed by atoms with Crippen LogP contribution in [0.1, 0.15) is 29.9 Å². The second kappa shape index (κ2) is 10.5. The molecule has 0 saturated carbocycles. The van der Waals surface area contributed by atoms with Crippen molar-refractivity contribution in [1.29, 1.82) is 0 Å². The monoisotopic (exact) mass is 493 g/mol. The van der Waals surface area contributed by atoms with Gasteiger partial charge in [-0.15, -0.1) is 0 Å². The van der Waals surface area contributed by atoms with E-state index in [1.165, 1.54) is 32.5 Å². The van der Waals surface area contributed by atoms with E-state index in [1.807, 2.05) is 6.92 Å². The summed E-state index contributed by atoms with van der Waals surface area (Å²) in [5, 5.41) is 11.3. The summed E-state index contributed by atoms with van der Waals surface area (Å²) < 4.78 is 27.3. The van der Waals surface area contributed by atoms with Gasteiger partial charge >= 0.3 is 0 Å². The van der Waals surface area contributed by atoms with E-state index in [-0.39, 0.29) is 17.9 Å². The van der Waals surface area contributed by atoms with Crippen LogP contribution in [0.4, 0.5) is 0 Å². The average Bonchev–Trinajstić information content (AvgIpc) is 3.50. The lowest BCUT2D eigenvalue weighted by molar-refractivity contribution is -0.140. The number of carbonyl (C=O) groups excluding carboxylic acids is 2. The first-order chi connectivity index (χ1) is 17.4. The average molecular weight is 494 g/mol. The van der Waals surface area contributed by atoms with E-state index in [0.29, 0.717) is 46.5 Å². The highest BCUT2D eigenvalue weighted by Crippen LogP contribution is 2.46. The molecule has 9 nitrogen and oxygen atoms in total. The van der Waals surface area contributed by atoms with E-state index in [0.717, 1.165) is 0 Å². The Kier molecular flexibility index (Phi) is 7.19. The summed E-state index contributed by atoms with van der Waals surface area (Å²) in [7, 11) is 4.43. The zero-order valence-electron chi connectivity index (χ0n) is 20.4. The van der Waals surface area contributed by atoms with Crippen LogP contribution in [0, 0.1) is 0 Å². The van der Waals surface area contributed by atoms with Gasteiger partial charge in [0.1, 0.15) is 17.3 Å². The highest BCUT2D eigenvalue weighted by Gasteiger charge is 2.47. The number of carbonyl (C=O) groups is 2. The number of aliphatic hydroxyl groups is 1. The van der Waals surface area contributed by atoms with Gasteiger partial charge in [0.25, 0.3) is 11.7 Å². The lowest BCUT2D eigenvalue weighted by atomic mass is 9.94. The minimum atomic E-state index is -0.949. The van der Waals surface area contributed by atoms with E-state index in [4.69, 9.17) is 23.4 Å². The Morgan fingerprint density at radius 2 is 1.67 bits per heavy atom. The van der Waals surface area contributed by atoms with Crippen LogP contribution in [-0.4, -0.2) is 49.6 Å². The molecule has 1 saturated heterocycles. The van der Waals surface area contributed by atoms with Crippen LogP contribution in [0.15, 0.2) is 64.8 Å². The Hall–Kier alpha value is -4.40. The van der Waals surface area contributed by atoms with Gasteiger partial charge in [0.15, 0.2) is 11.5 Å². The third-order valence-corrected chi connectivity index (χ3v) is 5.89. The number of ether oxygens (including phenoxy) is 4. The number of benzene rings is 2. The van der Waals surface area contributed by atoms with Crippen molar-refractivity contribution in [2.75, 3.05) is 27.9 Å². The number of hydrogen-bond acceptors (Lipinski definition) is 8. The van der Waals surface area contributed by atoms with Crippen molar-refractivity contribution in [1.82, 2.24) is 4.90 Å². The fraction of sp³-hybridized carbons (Fsp3) is 0.259. The molecule has 1 fully saturated rings. The number of methoxy groups -OCH3 is 3. The van der Waals surface area contributed by atoms with Crippen molar-refractivity contribution in [3.8, 4) is 23.0 Å². The fourth-order valence-corrected chi connectivity index (χ4v) is 4.25. The number of rotatable bonds is 9. The molecule has 1 amide bonds. The number of Topliss-reactive ketones (excluding diaryl/α,β-unsaturated/α-hetero) is 1. The van der Waals surface area contributed by atoms with E-state index in [2.05, 4.69) is 0 Å². The van der Waals surface area contributed by atoms with Crippen molar-refractivity contribution in [3.63, 3.8) is 0 Å². The van der Waals surface area contributed by atoms with Gasteiger partial charge in [-0.05, 0) is 61.0 Å². The molecule has 1 N–H and O–H groups in total. The lowest BCUT2D eigenvalue weighted by Gasteiger charge is -2.26. The van der Waals surface area contributed by atoms with Crippen LogP contribution in [0.2, 0.25) is 0 Å². The first kappa shape index (κ1) is 24.7. The molecular formula is C27H27NO8. The predicted octanol–water partition coefficient (Wildman–Crippen LogP) is 4.33. The zero-order chi connectivity index (χ0) is 25.8. The molecule has 0 aliphatic carbocycles. The highest BCUT2D eigenvalue weighted by molar-refractivity contribution is 6.46. The number of aliphatic hydroxyl groups excluding tert-OH is 1. The summed E-state index contributed by atoms with van der Waals surface area (Å²) in [4.78, 5) is 27.9. The molecular weight excluding hydrogens is 466 g/mol. The van der Waals surface area contributed by atoms with Gasteiger partial charge < -0.3 is 33.4 Å². The van der Waals surface area contributed by atoms with Crippen LogP contribution in [0.3, 0.4) is 0 Å². The number of hydrogen-bond donors (Lipinski definition) is 1. The van der Waals surface area contributed by atoms with Crippen molar-refractivity contribution in [2.24, 2.45) is 0 Å². The maximum absolute atomic E-state index is 13.3. The molecule has 2 heterocycles. The van der Waals surface area contributed by atoms with Gasteiger partial charge in [-0.3, -0.25) is 9.59 Å². The Morgan fingerprint density at radius 1 is 1.00 bits per heavy atom. The standard InChI is InChI=1S/C27H27NO8/c1-5-35-18-10-8-16(9-11-18)24(29)22-23(17-13-20(32-2)26(34-4)21(14-17)33-3)28(27(31)25(22)30)15-19-7-6-12-36-19/h6-14,23,29H,5,15H2,1-4H3. The Morgan fingerprint density at radius 3 is 2.19 bits per heavy atom. The second-order valence-corrected chi connectivity index (χ2v) is 7.92. The Labute approximate surface area is 208 Å². The normalized spacial score (nSPS) is 16.8. The van der Waals surface area contributed by atoms with E-state index < -0.39 is 17.7 Å². The molecule has 36 heavy (non-hydrogen) atoms. The Bertz CT molecular complexity index is 1250. The predicted molar refractivity (Wildman–Crippen MR) is 130 cm³/mol. The first-order valence-corrected chi connectivity index (χ1v) is 11.3. The number of amides is 1. The number of likely N-dealkylation sites (tertiary alicyclic amines) is 1. The smallest absolute Gasteiger partial charge is 0.296 e. The fourth-order valence-electron chi connectivity index (χ4n) is 4.25. The summed E-state index contributed by atoms with van der Waals surface area (Å²) in [6.07, 6.45) is 1.49. The molecule has 0 radical (unpaired) electrons. The highest BCUT2D eigenvalue weighted by atomic mass is 16.5. The number of nitrogens with zero attached hydrogens (tertiary/aromatic N) is 1. The summed E-state index contributed by atoms with van der Waals surface area (Å²) in [5.41, 5.74) is 0.791. The van der Waals surface area contributed by atoms with Crippen LogP contribution >= 0.6 is 0 Å². The molecule has 9 heteroatoms. The van der Waals surface area contributed by atoms with E-state index >= 15 is 0 Å². The summed E-state index contributed by atoms with van der Waals surface area (Å²) in [6.45, 7) is 2.37.